The van der Waals surface area contributed by atoms with Gasteiger partial charge in [0.1, 0.15) is 19.0 Å². The van der Waals surface area contributed by atoms with Gasteiger partial charge >= 0.3 is 12.2 Å². The lowest BCUT2D eigenvalue weighted by atomic mass is 9.99. The largest absolute Gasteiger partial charge is 0.445 e. The van der Waals surface area contributed by atoms with E-state index in [0.717, 1.165) is 33.6 Å². The van der Waals surface area contributed by atoms with E-state index in [1.54, 1.807) is 12.1 Å². The standard InChI is InChI=1S/C31H35FN4O4/c1-18(2)33-30(37)39-16-24-25(17-40-31(38)34-19(3)4)29(20-10-12-21(32)13-11-20)36-15-28-23(14-27(24)36)22-8-6-7-9-26(22)35(28)5/h6-13,18-19H,14-17H2,1-5H3,(H,33,37)(H,34,38). The molecule has 0 spiro atoms. The van der Waals surface area contributed by atoms with Gasteiger partial charge in [0.25, 0.3) is 0 Å². The second kappa shape index (κ2) is 11.1. The Labute approximate surface area is 233 Å². The molecule has 0 bridgehead atoms. The number of carbonyl (C=O) groups excluding carboxylic acids is 2. The summed E-state index contributed by atoms with van der Waals surface area (Å²) in [7, 11) is 2.06. The average Bonchev–Trinajstić information content (AvgIpc) is 3.36. The summed E-state index contributed by atoms with van der Waals surface area (Å²) in [6, 6.07) is 14.4. The van der Waals surface area contributed by atoms with Crippen LogP contribution in [0.15, 0.2) is 48.5 Å². The van der Waals surface area contributed by atoms with Crippen molar-refractivity contribution in [3.63, 3.8) is 0 Å². The van der Waals surface area contributed by atoms with E-state index in [1.807, 2.05) is 39.8 Å². The van der Waals surface area contributed by atoms with E-state index < -0.39 is 12.2 Å². The van der Waals surface area contributed by atoms with Crippen LogP contribution in [0.4, 0.5) is 14.0 Å². The molecule has 2 aromatic carbocycles. The molecule has 3 heterocycles. The number of benzene rings is 2. The predicted molar refractivity (Wildman–Crippen MR) is 152 cm³/mol. The van der Waals surface area contributed by atoms with Crippen molar-refractivity contribution in [2.24, 2.45) is 7.05 Å². The highest BCUT2D eigenvalue weighted by Gasteiger charge is 2.31. The zero-order chi connectivity index (χ0) is 28.6. The lowest BCUT2D eigenvalue weighted by molar-refractivity contribution is 0.129. The van der Waals surface area contributed by atoms with Gasteiger partial charge in [0.2, 0.25) is 0 Å². The van der Waals surface area contributed by atoms with Gasteiger partial charge in [0.15, 0.2) is 0 Å². The number of alkyl carbamates (subject to hydrolysis) is 2. The van der Waals surface area contributed by atoms with Crippen LogP contribution in [0.5, 0.6) is 0 Å². The summed E-state index contributed by atoms with van der Waals surface area (Å²) in [6.45, 7) is 7.97. The molecule has 1 aliphatic heterocycles. The molecule has 0 unspecified atom stereocenters. The molecule has 0 aliphatic carbocycles. The molecule has 2 N–H and O–H groups in total. The highest BCUT2D eigenvalue weighted by molar-refractivity contribution is 5.86. The molecule has 8 nitrogen and oxygen atoms in total. The number of fused-ring (bicyclic) bond motifs is 4. The van der Waals surface area contributed by atoms with E-state index >= 15 is 0 Å². The summed E-state index contributed by atoms with van der Waals surface area (Å²) < 4.78 is 29.7. The van der Waals surface area contributed by atoms with Crippen LogP contribution in [-0.2, 0) is 42.7 Å². The number of nitrogens with one attached hydrogen (secondary N) is 2. The van der Waals surface area contributed by atoms with E-state index in [0.29, 0.717) is 13.0 Å². The minimum absolute atomic E-state index is 0.000324. The molecule has 0 atom stereocenters. The van der Waals surface area contributed by atoms with Gasteiger partial charge in [-0.3, -0.25) is 0 Å². The first-order valence-electron chi connectivity index (χ1n) is 13.5. The highest BCUT2D eigenvalue weighted by atomic mass is 19.1. The number of halogens is 1. The summed E-state index contributed by atoms with van der Waals surface area (Å²) in [5, 5.41) is 6.69. The van der Waals surface area contributed by atoms with Gasteiger partial charge in [0.05, 0.1) is 12.2 Å². The number of hydrogen-bond donors (Lipinski definition) is 2. The summed E-state index contributed by atoms with van der Waals surface area (Å²) in [4.78, 5) is 25.0. The van der Waals surface area contributed by atoms with Crippen LogP contribution in [0.2, 0.25) is 0 Å². The number of para-hydroxylation sites is 1. The van der Waals surface area contributed by atoms with Crippen LogP contribution >= 0.6 is 0 Å². The van der Waals surface area contributed by atoms with E-state index in [4.69, 9.17) is 9.47 Å². The third-order valence-electron chi connectivity index (χ3n) is 7.22. The molecule has 0 fully saturated rings. The number of hydrogen-bond acceptors (Lipinski definition) is 4. The molecule has 9 heteroatoms. The first kappa shape index (κ1) is 27.3. The predicted octanol–water partition coefficient (Wildman–Crippen LogP) is 6.01. The Balaban J connectivity index is 1.65. The Morgan fingerprint density at radius 3 is 2.10 bits per heavy atom. The van der Waals surface area contributed by atoms with E-state index in [9.17, 15) is 14.0 Å². The zero-order valence-corrected chi connectivity index (χ0v) is 23.5. The molecule has 0 radical (unpaired) electrons. The third kappa shape index (κ3) is 5.28. The van der Waals surface area contributed by atoms with Gasteiger partial charge in [-0.2, -0.15) is 0 Å². The average molecular weight is 547 g/mol. The van der Waals surface area contributed by atoms with Gasteiger partial charge in [-0.25, -0.2) is 14.0 Å². The fourth-order valence-electron chi connectivity index (χ4n) is 5.49. The second-order valence-electron chi connectivity index (χ2n) is 10.8. The van der Waals surface area contributed by atoms with Crippen molar-refractivity contribution in [1.82, 2.24) is 19.8 Å². The lowest BCUT2D eigenvalue weighted by Crippen LogP contribution is -2.31. The van der Waals surface area contributed by atoms with Gasteiger partial charge in [-0.05, 0) is 69.2 Å². The Kier molecular flexibility index (Phi) is 7.56. The first-order chi connectivity index (χ1) is 19.1. The smallest absolute Gasteiger partial charge is 0.407 e. The quantitative estimate of drug-likeness (QED) is 0.262. The van der Waals surface area contributed by atoms with Crippen LogP contribution in [0.25, 0.3) is 22.2 Å². The van der Waals surface area contributed by atoms with Crippen LogP contribution in [-0.4, -0.2) is 33.4 Å². The van der Waals surface area contributed by atoms with Crippen molar-refractivity contribution in [2.75, 3.05) is 0 Å². The fraction of sp³-hybridized carbons (Fsp3) is 0.355. The molecular formula is C31H35FN4O4. The third-order valence-corrected chi connectivity index (χ3v) is 7.22. The maximum Gasteiger partial charge on any atom is 0.407 e. The van der Waals surface area contributed by atoms with E-state index in [1.165, 1.54) is 28.8 Å². The monoisotopic (exact) mass is 546 g/mol. The molecular weight excluding hydrogens is 511 g/mol. The number of carbonyl (C=O) groups is 2. The number of amides is 2. The highest BCUT2D eigenvalue weighted by Crippen LogP contribution is 2.40. The number of aromatic nitrogens is 2. The number of aryl methyl sites for hydroxylation is 1. The molecule has 40 heavy (non-hydrogen) atoms. The SMILES string of the molecule is CC(C)NC(=O)OCc1c(COC(=O)NC(C)C)c(-c2ccc(F)cc2)n2c1Cc1c(n(C)c3ccccc13)C2. The van der Waals surface area contributed by atoms with Crippen molar-refractivity contribution in [3.05, 3.63) is 82.4 Å². The van der Waals surface area contributed by atoms with E-state index in [2.05, 4.69) is 38.9 Å². The van der Waals surface area contributed by atoms with Gasteiger partial charge in [-0.1, -0.05) is 18.2 Å². The summed E-state index contributed by atoms with van der Waals surface area (Å²) in [5.41, 5.74) is 7.61. The lowest BCUT2D eigenvalue weighted by Gasteiger charge is -2.22. The summed E-state index contributed by atoms with van der Waals surface area (Å²) >= 11 is 0. The molecule has 5 rings (SSSR count). The van der Waals surface area contributed by atoms with Crippen LogP contribution in [0.1, 0.15) is 55.8 Å². The van der Waals surface area contributed by atoms with Gasteiger partial charge < -0.3 is 29.2 Å². The minimum Gasteiger partial charge on any atom is -0.445 e. The molecule has 0 saturated heterocycles. The fourth-order valence-corrected chi connectivity index (χ4v) is 5.49. The van der Waals surface area contributed by atoms with Crippen molar-refractivity contribution < 1.29 is 23.5 Å². The number of rotatable bonds is 7. The Bertz CT molecular complexity index is 1570. The summed E-state index contributed by atoms with van der Waals surface area (Å²) in [5.74, 6) is -0.340. The van der Waals surface area contributed by atoms with Gasteiger partial charge in [-0.15, -0.1) is 0 Å². The van der Waals surface area contributed by atoms with Crippen molar-refractivity contribution in [1.29, 1.82) is 0 Å². The maximum absolute atomic E-state index is 14.0. The van der Waals surface area contributed by atoms with Crippen LogP contribution in [0.3, 0.4) is 0 Å². The van der Waals surface area contributed by atoms with Crippen molar-refractivity contribution in [2.45, 2.75) is 66.0 Å². The molecule has 2 amide bonds. The minimum atomic E-state index is -0.539. The summed E-state index contributed by atoms with van der Waals surface area (Å²) in [6.07, 6.45) is -0.458. The molecule has 210 valence electrons. The Hall–Kier alpha value is -4.27. The number of ether oxygens (including phenoxy) is 2. The van der Waals surface area contributed by atoms with Gasteiger partial charge in [0, 0.05) is 59.0 Å². The first-order valence-corrected chi connectivity index (χ1v) is 13.5. The van der Waals surface area contributed by atoms with Crippen LogP contribution < -0.4 is 10.6 Å². The van der Waals surface area contributed by atoms with Crippen molar-refractivity contribution in [3.8, 4) is 11.3 Å². The zero-order valence-electron chi connectivity index (χ0n) is 23.5. The second-order valence-corrected chi connectivity index (χ2v) is 10.8. The van der Waals surface area contributed by atoms with Crippen molar-refractivity contribution >= 4 is 23.1 Å². The topological polar surface area (TPSA) is 86.5 Å². The molecule has 0 saturated carbocycles. The van der Waals surface area contributed by atoms with E-state index in [-0.39, 0.29) is 31.1 Å². The van der Waals surface area contributed by atoms with Crippen LogP contribution in [0, 0.1) is 5.82 Å². The Morgan fingerprint density at radius 2 is 1.48 bits per heavy atom. The Morgan fingerprint density at radius 1 is 0.875 bits per heavy atom. The normalized spacial score (nSPS) is 12.4. The maximum atomic E-state index is 14.0. The molecule has 4 aromatic rings. The molecule has 2 aromatic heterocycles. The number of nitrogens with zero attached hydrogens (tertiary/aromatic N) is 2. The molecule has 1 aliphatic rings.